The molecule has 0 aromatic heterocycles. The standard InChI is InChI=1S/C24H27I2N3O6/c1-24(2,3)35-23(34)28-18(13-9-14(25)19(30)15(26)10-13)20(31)27-6-7-29-21(32)16-11-4-5-12(8-11)17(16)22(29)33/h4-5,9-12,16-18,30H,6-8H2,1-3H3,(H,27,31)(H,28,34)/t11-,12+,16-,17+,18-/m1/s1. The topological polar surface area (TPSA) is 125 Å². The maximum absolute atomic E-state index is 13.2. The van der Waals surface area contributed by atoms with E-state index < -0.39 is 23.6 Å². The van der Waals surface area contributed by atoms with Crippen LogP contribution in [0.15, 0.2) is 24.3 Å². The van der Waals surface area contributed by atoms with Crippen molar-refractivity contribution in [2.75, 3.05) is 13.1 Å². The monoisotopic (exact) mass is 707 g/mol. The molecule has 2 aliphatic carbocycles. The maximum Gasteiger partial charge on any atom is 0.408 e. The van der Waals surface area contributed by atoms with E-state index in [1.807, 2.05) is 57.3 Å². The van der Waals surface area contributed by atoms with Crippen molar-refractivity contribution in [2.24, 2.45) is 23.7 Å². The number of phenolic OH excluding ortho intramolecular Hbond substituents is 1. The molecule has 1 heterocycles. The molecule has 4 amide bonds. The van der Waals surface area contributed by atoms with Crippen LogP contribution in [0.4, 0.5) is 4.79 Å². The fourth-order valence-electron chi connectivity index (χ4n) is 5.05. The summed E-state index contributed by atoms with van der Waals surface area (Å²) < 4.78 is 6.37. The van der Waals surface area contributed by atoms with Gasteiger partial charge in [0, 0.05) is 13.1 Å². The molecule has 4 rings (SSSR count). The molecule has 0 spiro atoms. The molecule has 0 radical (unpaired) electrons. The number of phenols is 1. The number of imide groups is 1. The number of ether oxygens (including phenoxy) is 1. The molecule has 1 saturated heterocycles. The van der Waals surface area contributed by atoms with E-state index in [0.717, 1.165) is 6.42 Å². The maximum atomic E-state index is 13.2. The van der Waals surface area contributed by atoms with Gasteiger partial charge in [-0.3, -0.25) is 19.3 Å². The molecule has 2 bridgehead atoms. The van der Waals surface area contributed by atoms with Gasteiger partial charge in [-0.15, -0.1) is 0 Å². The summed E-state index contributed by atoms with van der Waals surface area (Å²) in [6, 6.07) is 2.12. The molecule has 11 heteroatoms. The lowest BCUT2D eigenvalue weighted by Gasteiger charge is -2.24. The van der Waals surface area contributed by atoms with Crippen LogP contribution in [0.1, 0.15) is 38.8 Å². The van der Waals surface area contributed by atoms with Crippen molar-refractivity contribution in [1.82, 2.24) is 15.5 Å². The molecule has 1 aliphatic heterocycles. The second-order valence-corrected chi connectivity index (χ2v) is 12.4. The van der Waals surface area contributed by atoms with Crippen LogP contribution in [0.5, 0.6) is 5.75 Å². The highest BCUT2D eigenvalue weighted by molar-refractivity contribution is 14.1. The molecule has 5 atom stereocenters. The summed E-state index contributed by atoms with van der Waals surface area (Å²) in [6.45, 7) is 5.27. The zero-order chi connectivity index (χ0) is 25.7. The number of hydrogen-bond donors (Lipinski definition) is 3. The molecule has 1 aromatic rings. The average molecular weight is 707 g/mol. The van der Waals surface area contributed by atoms with Gasteiger partial charge in [-0.25, -0.2) is 4.79 Å². The van der Waals surface area contributed by atoms with Crippen molar-refractivity contribution in [3.63, 3.8) is 0 Å². The van der Waals surface area contributed by atoms with Crippen LogP contribution in [0.25, 0.3) is 0 Å². The number of benzene rings is 1. The first-order valence-electron chi connectivity index (χ1n) is 11.4. The fraction of sp³-hybridized carbons (Fsp3) is 0.500. The molecule has 35 heavy (non-hydrogen) atoms. The predicted octanol–water partition coefficient (Wildman–Crippen LogP) is 3.09. The van der Waals surface area contributed by atoms with Crippen LogP contribution in [0, 0.1) is 30.8 Å². The van der Waals surface area contributed by atoms with Gasteiger partial charge >= 0.3 is 6.09 Å². The number of hydrogen-bond acceptors (Lipinski definition) is 6. The van der Waals surface area contributed by atoms with Gasteiger partial charge in [-0.1, -0.05) is 12.2 Å². The van der Waals surface area contributed by atoms with Gasteiger partial charge in [0.05, 0.1) is 19.0 Å². The molecule has 3 aliphatic rings. The molecule has 3 N–H and O–H groups in total. The number of rotatable bonds is 6. The third-order valence-electron chi connectivity index (χ3n) is 6.49. The van der Waals surface area contributed by atoms with Crippen LogP contribution >= 0.6 is 45.2 Å². The number of carbonyl (C=O) groups is 4. The molecular weight excluding hydrogens is 680 g/mol. The van der Waals surface area contributed by atoms with Crippen LogP contribution in [0.2, 0.25) is 0 Å². The number of aromatic hydroxyl groups is 1. The van der Waals surface area contributed by atoms with E-state index >= 15 is 0 Å². The number of carbonyl (C=O) groups excluding carboxylic acids is 4. The minimum absolute atomic E-state index is 0.0529. The second-order valence-electron chi connectivity index (χ2n) is 10.0. The summed E-state index contributed by atoms with van der Waals surface area (Å²) in [7, 11) is 0. The lowest BCUT2D eigenvalue weighted by molar-refractivity contribution is -0.141. The third kappa shape index (κ3) is 5.30. The number of halogens is 2. The van der Waals surface area contributed by atoms with Gasteiger partial charge in [0.15, 0.2) is 0 Å². The van der Waals surface area contributed by atoms with E-state index in [1.165, 1.54) is 4.90 Å². The van der Waals surface area contributed by atoms with E-state index in [4.69, 9.17) is 4.74 Å². The summed E-state index contributed by atoms with van der Waals surface area (Å²) >= 11 is 3.90. The van der Waals surface area contributed by atoms with Gasteiger partial charge in [-0.2, -0.15) is 0 Å². The number of nitrogens with one attached hydrogen (secondary N) is 2. The first-order valence-corrected chi connectivity index (χ1v) is 13.5. The molecule has 1 saturated carbocycles. The highest BCUT2D eigenvalue weighted by Crippen LogP contribution is 2.52. The summed E-state index contributed by atoms with van der Waals surface area (Å²) in [6.07, 6.45) is 4.17. The fourth-order valence-corrected chi connectivity index (χ4v) is 6.87. The number of amides is 4. The highest BCUT2D eigenvalue weighted by atomic mass is 127. The Hall–Kier alpha value is -1.90. The predicted molar refractivity (Wildman–Crippen MR) is 143 cm³/mol. The van der Waals surface area contributed by atoms with Gasteiger partial charge < -0.3 is 20.5 Å². The van der Waals surface area contributed by atoms with Crippen molar-refractivity contribution >= 4 is 69.0 Å². The Balaban J connectivity index is 1.44. The van der Waals surface area contributed by atoms with Crippen LogP contribution in [-0.2, 0) is 19.1 Å². The van der Waals surface area contributed by atoms with E-state index in [1.54, 1.807) is 32.9 Å². The van der Waals surface area contributed by atoms with Crippen molar-refractivity contribution in [3.8, 4) is 5.75 Å². The van der Waals surface area contributed by atoms with E-state index in [0.29, 0.717) is 12.7 Å². The Morgan fingerprint density at radius 2 is 1.66 bits per heavy atom. The molecule has 188 valence electrons. The quantitative estimate of drug-likeness (QED) is 0.237. The SMILES string of the molecule is CC(C)(C)OC(=O)N[C@@H](C(=O)NCCN1C(=O)[C@@H]2[C@H](C1=O)[C@@H]1C=C[C@H]2C1)c1cc(I)c(O)c(I)c1. The number of nitrogens with zero attached hydrogens (tertiary/aromatic N) is 1. The van der Waals surface area contributed by atoms with E-state index in [-0.39, 0.29) is 54.3 Å². The Labute approximate surface area is 230 Å². The van der Waals surface area contributed by atoms with Crippen molar-refractivity contribution in [2.45, 2.75) is 38.8 Å². The average Bonchev–Trinajstić information content (AvgIpc) is 3.44. The van der Waals surface area contributed by atoms with E-state index in [2.05, 4.69) is 10.6 Å². The highest BCUT2D eigenvalue weighted by Gasteiger charge is 2.59. The lowest BCUT2D eigenvalue weighted by Crippen LogP contribution is -2.45. The van der Waals surface area contributed by atoms with Crippen molar-refractivity contribution in [1.29, 1.82) is 0 Å². The minimum atomic E-state index is -1.10. The Morgan fingerprint density at radius 1 is 1.11 bits per heavy atom. The summed E-state index contributed by atoms with van der Waals surface area (Å²) in [5.41, 5.74) is -0.295. The molecular formula is C24H27I2N3O6. The largest absolute Gasteiger partial charge is 0.506 e. The number of likely N-dealkylation sites (tertiary alicyclic amines) is 1. The first-order chi connectivity index (χ1) is 16.4. The summed E-state index contributed by atoms with van der Waals surface area (Å²) in [5, 5.41) is 15.4. The van der Waals surface area contributed by atoms with Gasteiger partial charge in [0.1, 0.15) is 17.4 Å². The Morgan fingerprint density at radius 3 is 2.17 bits per heavy atom. The molecule has 0 unspecified atom stereocenters. The number of alkyl carbamates (subject to hydrolysis) is 1. The van der Waals surface area contributed by atoms with Crippen LogP contribution in [-0.4, -0.2) is 52.5 Å². The number of allylic oxidation sites excluding steroid dienone is 2. The Bertz CT molecular complexity index is 1060. The molecule has 1 aromatic carbocycles. The van der Waals surface area contributed by atoms with Gasteiger partial charge in [-0.05, 0) is 102 Å². The van der Waals surface area contributed by atoms with Gasteiger partial charge in [0.25, 0.3) is 0 Å². The second kappa shape index (κ2) is 9.87. The Kier molecular flexibility index (Phi) is 7.38. The van der Waals surface area contributed by atoms with Gasteiger partial charge in [0.2, 0.25) is 17.7 Å². The van der Waals surface area contributed by atoms with Crippen LogP contribution in [0.3, 0.4) is 0 Å². The third-order valence-corrected chi connectivity index (χ3v) is 8.14. The lowest BCUT2D eigenvalue weighted by atomic mass is 9.85. The normalized spacial score (nSPS) is 25.6. The zero-order valence-electron chi connectivity index (χ0n) is 19.5. The summed E-state index contributed by atoms with van der Waals surface area (Å²) in [5.74, 6) is -1.08. The number of fused-ring (bicyclic) bond motifs is 5. The molecule has 9 nitrogen and oxygen atoms in total. The smallest absolute Gasteiger partial charge is 0.408 e. The van der Waals surface area contributed by atoms with Crippen molar-refractivity contribution in [3.05, 3.63) is 37.0 Å². The summed E-state index contributed by atoms with van der Waals surface area (Å²) in [4.78, 5) is 52.6. The first kappa shape index (κ1) is 26.2. The molecule has 2 fully saturated rings. The van der Waals surface area contributed by atoms with Crippen LogP contribution < -0.4 is 10.6 Å². The minimum Gasteiger partial charge on any atom is -0.506 e. The van der Waals surface area contributed by atoms with Crippen molar-refractivity contribution < 1.29 is 29.0 Å². The van der Waals surface area contributed by atoms with E-state index in [9.17, 15) is 24.3 Å². The zero-order valence-corrected chi connectivity index (χ0v) is 23.8.